The van der Waals surface area contributed by atoms with Crippen LogP contribution in [0, 0.1) is 6.92 Å². The van der Waals surface area contributed by atoms with Gasteiger partial charge < -0.3 is 9.64 Å². The van der Waals surface area contributed by atoms with Gasteiger partial charge in [-0.05, 0) is 48.4 Å². The van der Waals surface area contributed by atoms with Crippen LogP contribution in [0.2, 0.25) is 5.02 Å². The molecule has 0 saturated carbocycles. The molecule has 0 spiro atoms. The third kappa shape index (κ3) is 6.28. The quantitative estimate of drug-likeness (QED) is 0.429. The van der Waals surface area contributed by atoms with Crippen LogP contribution in [0.15, 0.2) is 82.6 Å². The molecular formula is C26H27ClN2O2S. The highest BCUT2D eigenvalue weighted by Gasteiger charge is 2.22. The minimum absolute atomic E-state index is 0.232. The number of hydrogen-bond acceptors (Lipinski definition) is 4. The summed E-state index contributed by atoms with van der Waals surface area (Å²) in [4.78, 5) is 19.1. The number of benzene rings is 3. The summed E-state index contributed by atoms with van der Waals surface area (Å²) in [6.45, 7) is 6.24. The fourth-order valence-electron chi connectivity index (χ4n) is 3.73. The summed E-state index contributed by atoms with van der Waals surface area (Å²) >= 11 is 7.77. The van der Waals surface area contributed by atoms with Gasteiger partial charge in [0.2, 0.25) is 0 Å². The van der Waals surface area contributed by atoms with E-state index in [9.17, 15) is 4.79 Å². The van der Waals surface area contributed by atoms with Crippen molar-refractivity contribution in [2.75, 3.05) is 26.2 Å². The van der Waals surface area contributed by atoms with Crippen molar-refractivity contribution >= 4 is 29.5 Å². The lowest BCUT2D eigenvalue weighted by Gasteiger charge is -2.34. The van der Waals surface area contributed by atoms with E-state index in [0.29, 0.717) is 19.7 Å². The van der Waals surface area contributed by atoms with Crippen LogP contribution in [0.4, 0.5) is 4.79 Å². The van der Waals surface area contributed by atoms with Gasteiger partial charge in [-0.25, -0.2) is 4.79 Å². The first-order chi connectivity index (χ1) is 15.6. The Hall–Kier alpha value is -2.47. The maximum Gasteiger partial charge on any atom is 0.410 e. The van der Waals surface area contributed by atoms with Crippen molar-refractivity contribution in [3.05, 3.63) is 94.5 Å². The maximum atomic E-state index is 12.5. The smallest absolute Gasteiger partial charge is 0.410 e. The van der Waals surface area contributed by atoms with E-state index < -0.39 is 0 Å². The molecule has 1 aliphatic rings. The van der Waals surface area contributed by atoms with Crippen molar-refractivity contribution in [1.82, 2.24) is 9.80 Å². The van der Waals surface area contributed by atoms with Crippen molar-refractivity contribution in [1.29, 1.82) is 0 Å². The van der Waals surface area contributed by atoms with Gasteiger partial charge in [0.05, 0.1) is 0 Å². The Balaban J connectivity index is 1.28. The van der Waals surface area contributed by atoms with Crippen molar-refractivity contribution in [3.63, 3.8) is 0 Å². The third-order valence-corrected chi connectivity index (χ3v) is 6.86. The van der Waals surface area contributed by atoms with Gasteiger partial charge in [0.1, 0.15) is 6.61 Å². The molecule has 1 heterocycles. The van der Waals surface area contributed by atoms with Gasteiger partial charge in [-0.15, -0.1) is 0 Å². The molecule has 6 heteroatoms. The zero-order valence-electron chi connectivity index (χ0n) is 18.2. The number of halogens is 1. The summed E-state index contributed by atoms with van der Waals surface area (Å²) in [5.41, 5.74) is 3.48. The van der Waals surface area contributed by atoms with Crippen molar-refractivity contribution in [3.8, 4) is 0 Å². The molecule has 166 valence electrons. The summed E-state index contributed by atoms with van der Waals surface area (Å²) in [5, 5.41) is 0.748. The molecule has 0 atom stereocenters. The van der Waals surface area contributed by atoms with E-state index in [1.807, 2.05) is 55.5 Å². The van der Waals surface area contributed by atoms with E-state index >= 15 is 0 Å². The molecule has 4 nitrogen and oxygen atoms in total. The average Bonchev–Trinajstić information content (AvgIpc) is 2.81. The normalized spacial score (nSPS) is 14.4. The lowest BCUT2D eigenvalue weighted by Crippen LogP contribution is -2.48. The Kier molecular flexibility index (Phi) is 7.74. The topological polar surface area (TPSA) is 32.8 Å². The van der Waals surface area contributed by atoms with Crippen LogP contribution in [0.25, 0.3) is 0 Å². The molecule has 1 amide bonds. The summed E-state index contributed by atoms with van der Waals surface area (Å²) in [5.74, 6) is 0. The van der Waals surface area contributed by atoms with Gasteiger partial charge in [-0.1, -0.05) is 71.4 Å². The highest BCUT2D eigenvalue weighted by Crippen LogP contribution is 2.32. The van der Waals surface area contributed by atoms with Gasteiger partial charge in [0.25, 0.3) is 0 Å². The van der Waals surface area contributed by atoms with Crippen molar-refractivity contribution in [2.45, 2.75) is 29.9 Å². The van der Waals surface area contributed by atoms with E-state index in [0.717, 1.165) is 30.2 Å². The zero-order chi connectivity index (χ0) is 22.3. The lowest BCUT2D eigenvalue weighted by molar-refractivity contribution is 0.0699. The molecular weight excluding hydrogens is 440 g/mol. The fourth-order valence-corrected chi connectivity index (χ4v) is 4.79. The molecule has 0 radical (unpaired) electrons. The van der Waals surface area contributed by atoms with Crippen LogP contribution in [-0.2, 0) is 17.9 Å². The van der Waals surface area contributed by atoms with Gasteiger partial charge in [-0.2, -0.15) is 0 Å². The third-order valence-electron chi connectivity index (χ3n) is 5.48. The Morgan fingerprint density at radius 2 is 1.72 bits per heavy atom. The van der Waals surface area contributed by atoms with Crippen LogP contribution in [-0.4, -0.2) is 42.1 Å². The maximum absolute atomic E-state index is 12.5. The number of nitrogens with zero attached hydrogens (tertiary/aromatic N) is 2. The number of hydrogen-bond donors (Lipinski definition) is 0. The van der Waals surface area contributed by atoms with Crippen LogP contribution >= 0.6 is 23.4 Å². The van der Waals surface area contributed by atoms with Gasteiger partial charge in [-0.3, -0.25) is 4.90 Å². The minimum Gasteiger partial charge on any atom is -0.445 e. The Morgan fingerprint density at radius 1 is 0.969 bits per heavy atom. The molecule has 0 bridgehead atoms. The second kappa shape index (κ2) is 10.9. The number of rotatable bonds is 6. The van der Waals surface area contributed by atoms with E-state index in [2.05, 4.69) is 29.2 Å². The second-order valence-corrected chi connectivity index (χ2v) is 9.52. The van der Waals surface area contributed by atoms with Crippen LogP contribution < -0.4 is 0 Å². The highest BCUT2D eigenvalue weighted by atomic mass is 35.5. The highest BCUT2D eigenvalue weighted by molar-refractivity contribution is 7.99. The zero-order valence-corrected chi connectivity index (χ0v) is 19.7. The number of piperazine rings is 1. The van der Waals surface area contributed by atoms with E-state index in [4.69, 9.17) is 16.3 Å². The van der Waals surface area contributed by atoms with E-state index in [1.165, 1.54) is 20.9 Å². The predicted octanol–water partition coefficient (Wildman–Crippen LogP) is 6.25. The predicted molar refractivity (Wildman–Crippen MR) is 130 cm³/mol. The Labute approximate surface area is 199 Å². The van der Waals surface area contributed by atoms with Gasteiger partial charge >= 0.3 is 6.09 Å². The molecule has 0 N–H and O–H groups in total. The number of aryl methyl sites for hydroxylation is 1. The summed E-state index contributed by atoms with van der Waals surface area (Å²) in [6.07, 6.45) is -0.232. The Bertz CT molecular complexity index is 1050. The molecule has 0 aromatic heterocycles. The largest absolute Gasteiger partial charge is 0.445 e. The van der Waals surface area contributed by atoms with Crippen molar-refractivity contribution < 1.29 is 9.53 Å². The summed E-state index contributed by atoms with van der Waals surface area (Å²) < 4.78 is 5.53. The van der Waals surface area contributed by atoms with E-state index in [-0.39, 0.29) is 6.09 Å². The SMILES string of the molecule is Cc1cccc(COC(=O)N2CCN(Cc3ccccc3Sc3ccc(Cl)cc3)CC2)c1. The Morgan fingerprint density at radius 3 is 2.47 bits per heavy atom. The lowest BCUT2D eigenvalue weighted by atomic mass is 10.1. The van der Waals surface area contributed by atoms with E-state index in [1.54, 1.807) is 16.7 Å². The second-order valence-electron chi connectivity index (χ2n) is 7.97. The molecule has 1 aliphatic heterocycles. The molecule has 4 rings (SSSR count). The molecule has 3 aromatic carbocycles. The van der Waals surface area contributed by atoms with Crippen LogP contribution in [0.1, 0.15) is 16.7 Å². The van der Waals surface area contributed by atoms with Gasteiger partial charge in [0, 0.05) is 47.5 Å². The first-order valence-electron chi connectivity index (χ1n) is 10.8. The fraction of sp³-hybridized carbons (Fsp3) is 0.269. The first-order valence-corrected chi connectivity index (χ1v) is 12.0. The molecule has 0 unspecified atom stereocenters. The molecule has 1 fully saturated rings. The molecule has 32 heavy (non-hydrogen) atoms. The van der Waals surface area contributed by atoms with Gasteiger partial charge in [0.15, 0.2) is 0 Å². The molecule has 1 saturated heterocycles. The van der Waals surface area contributed by atoms with Crippen molar-refractivity contribution in [2.24, 2.45) is 0 Å². The standard InChI is InChI=1S/C26H27ClN2O2S/c1-20-5-4-6-21(17-20)19-31-26(30)29-15-13-28(14-16-29)18-22-7-2-3-8-25(22)32-24-11-9-23(27)10-12-24/h2-12,17H,13-16,18-19H2,1H3. The van der Waals surface area contributed by atoms with Crippen LogP contribution in [0.3, 0.4) is 0 Å². The first kappa shape index (κ1) is 22.7. The number of amides is 1. The molecule has 0 aliphatic carbocycles. The number of carbonyl (C=O) groups is 1. The van der Waals surface area contributed by atoms with Crippen LogP contribution in [0.5, 0.6) is 0 Å². The minimum atomic E-state index is -0.232. The molecule has 3 aromatic rings. The summed E-state index contributed by atoms with van der Waals surface area (Å²) in [7, 11) is 0. The summed E-state index contributed by atoms with van der Waals surface area (Å²) in [6, 6.07) is 24.5. The number of carbonyl (C=O) groups excluding carboxylic acids is 1. The number of ether oxygens (including phenoxy) is 1. The monoisotopic (exact) mass is 466 g/mol. The average molecular weight is 467 g/mol.